The van der Waals surface area contributed by atoms with Gasteiger partial charge in [-0.25, -0.2) is 0 Å². The highest BCUT2D eigenvalue weighted by molar-refractivity contribution is 4.96. The third-order valence-corrected chi connectivity index (χ3v) is 3.53. The Kier molecular flexibility index (Phi) is 4.68. The van der Waals surface area contributed by atoms with Crippen molar-refractivity contribution in [3.63, 3.8) is 0 Å². The zero-order valence-electron chi connectivity index (χ0n) is 11.3. The van der Waals surface area contributed by atoms with Gasteiger partial charge in [-0.3, -0.25) is 9.58 Å². The summed E-state index contributed by atoms with van der Waals surface area (Å²) in [5, 5.41) is 17.7. The van der Waals surface area contributed by atoms with Gasteiger partial charge in [0, 0.05) is 32.7 Å². The summed E-state index contributed by atoms with van der Waals surface area (Å²) < 4.78 is 1.83. The van der Waals surface area contributed by atoms with Crippen LogP contribution in [0.5, 0.6) is 0 Å². The summed E-state index contributed by atoms with van der Waals surface area (Å²) in [5.41, 5.74) is 0.677. The van der Waals surface area contributed by atoms with E-state index in [0.717, 1.165) is 39.3 Å². The van der Waals surface area contributed by atoms with Crippen molar-refractivity contribution in [2.24, 2.45) is 0 Å². The smallest absolute Gasteiger partial charge is 0.111 e. The first-order valence-electron chi connectivity index (χ1n) is 6.68. The standard InChI is InChI=1S/C12H23N5O/c1-3-12(18)11-10-17(14-13-11)9-8-16-6-4-15(2)5-7-16/h10,12,18H,3-9H2,1-2H3. The van der Waals surface area contributed by atoms with E-state index in [1.807, 2.05) is 17.8 Å². The Morgan fingerprint density at radius 1 is 1.28 bits per heavy atom. The third kappa shape index (κ3) is 3.51. The molecule has 0 aromatic carbocycles. The van der Waals surface area contributed by atoms with Gasteiger partial charge in [-0.2, -0.15) is 0 Å². The van der Waals surface area contributed by atoms with Crippen LogP contribution in [0.15, 0.2) is 6.20 Å². The lowest BCUT2D eigenvalue weighted by Gasteiger charge is -2.32. The minimum atomic E-state index is -0.484. The van der Waals surface area contributed by atoms with Gasteiger partial charge in [0.25, 0.3) is 0 Å². The first kappa shape index (κ1) is 13.5. The minimum Gasteiger partial charge on any atom is -0.387 e. The molecule has 6 heteroatoms. The number of aliphatic hydroxyl groups excluding tert-OH is 1. The first-order chi connectivity index (χ1) is 8.69. The fraction of sp³-hybridized carbons (Fsp3) is 0.833. The van der Waals surface area contributed by atoms with Crippen LogP contribution in [0.2, 0.25) is 0 Å². The fourth-order valence-corrected chi connectivity index (χ4v) is 2.10. The molecule has 2 heterocycles. The van der Waals surface area contributed by atoms with Crippen LogP contribution in [0.25, 0.3) is 0 Å². The molecule has 0 radical (unpaired) electrons. The van der Waals surface area contributed by atoms with E-state index in [9.17, 15) is 5.11 Å². The van der Waals surface area contributed by atoms with Crippen LogP contribution < -0.4 is 0 Å². The summed E-state index contributed by atoms with van der Waals surface area (Å²) >= 11 is 0. The minimum absolute atomic E-state index is 0.484. The summed E-state index contributed by atoms with van der Waals surface area (Å²) in [6.45, 7) is 8.29. The van der Waals surface area contributed by atoms with Crippen LogP contribution in [-0.4, -0.2) is 69.7 Å². The lowest BCUT2D eigenvalue weighted by molar-refractivity contribution is 0.148. The number of likely N-dealkylation sites (N-methyl/N-ethyl adjacent to an activating group) is 1. The maximum Gasteiger partial charge on any atom is 0.111 e. The number of hydrogen-bond donors (Lipinski definition) is 1. The summed E-state index contributed by atoms with van der Waals surface area (Å²) in [6, 6.07) is 0. The largest absolute Gasteiger partial charge is 0.387 e. The molecule has 0 bridgehead atoms. The van der Waals surface area contributed by atoms with Crippen LogP contribution in [0, 0.1) is 0 Å². The maximum absolute atomic E-state index is 9.66. The molecule has 0 saturated carbocycles. The highest BCUT2D eigenvalue weighted by Crippen LogP contribution is 2.11. The van der Waals surface area contributed by atoms with Gasteiger partial charge in [-0.05, 0) is 13.5 Å². The molecule has 102 valence electrons. The van der Waals surface area contributed by atoms with Gasteiger partial charge in [0.2, 0.25) is 0 Å². The van der Waals surface area contributed by atoms with Gasteiger partial charge < -0.3 is 10.0 Å². The van der Waals surface area contributed by atoms with Crippen LogP contribution in [0.3, 0.4) is 0 Å². The van der Waals surface area contributed by atoms with Crippen molar-refractivity contribution in [2.75, 3.05) is 39.8 Å². The summed E-state index contributed by atoms with van der Waals surface area (Å²) in [4.78, 5) is 4.79. The fourth-order valence-electron chi connectivity index (χ4n) is 2.10. The highest BCUT2D eigenvalue weighted by atomic mass is 16.3. The molecule has 0 amide bonds. The quantitative estimate of drug-likeness (QED) is 0.798. The van der Waals surface area contributed by atoms with E-state index in [-0.39, 0.29) is 0 Å². The molecule has 1 atom stereocenters. The van der Waals surface area contributed by atoms with E-state index >= 15 is 0 Å². The summed E-state index contributed by atoms with van der Waals surface area (Å²) in [6.07, 6.45) is 2.05. The average molecular weight is 253 g/mol. The number of aromatic nitrogens is 3. The molecule has 2 rings (SSSR count). The lowest BCUT2D eigenvalue weighted by atomic mass is 10.2. The highest BCUT2D eigenvalue weighted by Gasteiger charge is 2.14. The Labute approximate surface area is 108 Å². The summed E-state index contributed by atoms with van der Waals surface area (Å²) in [7, 11) is 2.16. The van der Waals surface area contributed by atoms with Crippen LogP contribution >= 0.6 is 0 Å². The second kappa shape index (κ2) is 6.26. The second-order valence-electron chi connectivity index (χ2n) is 4.98. The van der Waals surface area contributed by atoms with E-state index in [1.165, 1.54) is 0 Å². The molecule has 1 aromatic rings. The first-order valence-corrected chi connectivity index (χ1v) is 6.68. The lowest BCUT2D eigenvalue weighted by Crippen LogP contribution is -2.45. The van der Waals surface area contributed by atoms with E-state index < -0.39 is 6.10 Å². The number of piperazine rings is 1. The van der Waals surface area contributed by atoms with E-state index in [0.29, 0.717) is 12.1 Å². The Bertz CT molecular complexity index is 359. The van der Waals surface area contributed by atoms with E-state index in [4.69, 9.17) is 0 Å². The zero-order valence-corrected chi connectivity index (χ0v) is 11.3. The Morgan fingerprint density at radius 3 is 2.67 bits per heavy atom. The van der Waals surface area contributed by atoms with Crippen molar-refractivity contribution in [1.29, 1.82) is 0 Å². The Morgan fingerprint density at radius 2 is 2.00 bits per heavy atom. The molecular weight excluding hydrogens is 230 g/mol. The summed E-state index contributed by atoms with van der Waals surface area (Å²) in [5.74, 6) is 0. The molecule has 6 nitrogen and oxygen atoms in total. The van der Waals surface area contributed by atoms with Crippen LogP contribution in [0.4, 0.5) is 0 Å². The van der Waals surface area contributed by atoms with Crippen molar-refractivity contribution in [1.82, 2.24) is 24.8 Å². The van der Waals surface area contributed by atoms with Crippen LogP contribution in [0.1, 0.15) is 25.1 Å². The normalized spacial score (nSPS) is 20.2. The number of hydrogen-bond acceptors (Lipinski definition) is 5. The number of nitrogens with zero attached hydrogens (tertiary/aromatic N) is 5. The molecule has 1 N–H and O–H groups in total. The van der Waals surface area contributed by atoms with Crippen molar-refractivity contribution in [2.45, 2.75) is 26.0 Å². The zero-order chi connectivity index (χ0) is 13.0. The topological polar surface area (TPSA) is 57.4 Å². The van der Waals surface area contributed by atoms with Crippen molar-refractivity contribution in [3.05, 3.63) is 11.9 Å². The molecule has 1 aliphatic heterocycles. The maximum atomic E-state index is 9.66. The van der Waals surface area contributed by atoms with Gasteiger partial charge in [0.05, 0.1) is 18.8 Å². The van der Waals surface area contributed by atoms with Crippen molar-refractivity contribution >= 4 is 0 Å². The SMILES string of the molecule is CCC(O)c1cn(CCN2CCN(C)CC2)nn1. The molecule has 1 aliphatic rings. The van der Waals surface area contributed by atoms with Crippen LogP contribution in [-0.2, 0) is 6.54 Å². The number of aliphatic hydroxyl groups is 1. The molecular formula is C12H23N5O. The predicted molar refractivity (Wildman–Crippen MR) is 69.2 cm³/mol. The molecule has 18 heavy (non-hydrogen) atoms. The average Bonchev–Trinajstić information content (AvgIpc) is 2.86. The molecule has 1 unspecified atom stereocenters. The molecule has 0 aliphatic carbocycles. The van der Waals surface area contributed by atoms with Gasteiger partial charge in [0.1, 0.15) is 5.69 Å². The third-order valence-electron chi connectivity index (χ3n) is 3.53. The monoisotopic (exact) mass is 253 g/mol. The molecule has 1 aromatic heterocycles. The van der Waals surface area contributed by atoms with E-state index in [2.05, 4.69) is 27.2 Å². The van der Waals surface area contributed by atoms with Gasteiger partial charge in [-0.15, -0.1) is 5.10 Å². The van der Waals surface area contributed by atoms with Gasteiger partial charge >= 0.3 is 0 Å². The van der Waals surface area contributed by atoms with E-state index in [1.54, 1.807) is 0 Å². The number of rotatable bonds is 5. The van der Waals surface area contributed by atoms with Crippen molar-refractivity contribution < 1.29 is 5.11 Å². The van der Waals surface area contributed by atoms with Crippen molar-refractivity contribution in [3.8, 4) is 0 Å². The Hall–Kier alpha value is -0.980. The molecule has 1 saturated heterocycles. The molecule has 0 spiro atoms. The van der Waals surface area contributed by atoms with Gasteiger partial charge in [-0.1, -0.05) is 12.1 Å². The Balaban J connectivity index is 1.78. The predicted octanol–water partition coefficient (Wildman–Crippen LogP) is -0.0311. The molecule has 1 fully saturated rings. The second-order valence-corrected chi connectivity index (χ2v) is 4.98. The van der Waals surface area contributed by atoms with Gasteiger partial charge in [0.15, 0.2) is 0 Å².